The molecular weight excluding hydrogens is 843 g/mol. The maximum atomic E-state index is 6.67. The molecule has 0 bridgehead atoms. The normalized spacial score (nSPS) is 12.1. The second-order valence-electron chi connectivity index (χ2n) is 17.9. The predicted octanol–water partition coefficient (Wildman–Crippen LogP) is 16.3. The fraction of sp³-hybridized carbons (Fsp3) is 0. The zero-order valence-corrected chi connectivity index (χ0v) is 37.0. The molecule has 5 heterocycles. The summed E-state index contributed by atoms with van der Waals surface area (Å²) in [5.41, 5.74) is 18.0. The predicted molar refractivity (Wildman–Crippen MR) is 282 cm³/mol. The number of furan rings is 1. The smallest absolute Gasteiger partial charge is 0.238 e. The molecule has 1 aliphatic rings. The van der Waals surface area contributed by atoms with Crippen LogP contribution < -0.4 is 0 Å². The minimum absolute atomic E-state index is 0.525. The van der Waals surface area contributed by atoms with Gasteiger partial charge in [-0.25, -0.2) is 4.98 Å². The number of benzene rings is 10. The van der Waals surface area contributed by atoms with Crippen molar-refractivity contribution in [3.63, 3.8) is 0 Å². The highest BCUT2D eigenvalue weighted by Gasteiger charge is 2.28. The summed E-state index contributed by atoms with van der Waals surface area (Å²) in [5, 5.41) is 6.56. The van der Waals surface area contributed by atoms with Gasteiger partial charge in [-0.15, -0.1) is 0 Å². The molecular formula is C63H37N5O. The van der Waals surface area contributed by atoms with Gasteiger partial charge in [0.15, 0.2) is 11.6 Å². The van der Waals surface area contributed by atoms with Gasteiger partial charge < -0.3 is 8.98 Å². The molecule has 4 aromatic heterocycles. The van der Waals surface area contributed by atoms with E-state index < -0.39 is 0 Å². The zero-order valence-electron chi connectivity index (χ0n) is 37.0. The Balaban J connectivity index is 1.07. The van der Waals surface area contributed by atoms with Crippen LogP contribution in [-0.4, -0.2) is 24.1 Å². The summed E-state index contributed by atoms with van der Waals surface area (Å²) in [6, 6.07) is 79.6. The maximum Gasteiger partial charge on any atom is 0.238 e. The summed E-state index contributed by atoms with van der Waals surface area (Å²) < 4.78 is 11.5. The molecule has 0 saturated heterocycles. The molecule has 0 aliphatic carbocycles. The number of rotatable bonds is 5. The van der Waals surface area contributed by atoms with E-state index in [-0.39, 0.29) is 0 Å². The Morgan fingerprint density at radius 1 is 0.290 bits per heavy atom. The van der Waals surface area contributed by atoms with Crippen LogP contribution in [0.5, 0.6) is 0 Å². The van der Waals surface area contributed by atoms with Gasteiger partial charge in [0.05, 0.1) is 27.8 Å². The van der Waals surface area contributed by atoms with Gasteiger partial charge in [-0.1, -0.05) is 200 Å². The lowest BCUT2D eigenvalue weighted by Crippen LogP contribution is -2.07. The van der Waals surface area contributed by atoms with Crippen molar-refractivity contribution in [2.24, 2.45) is 0 Å². The number of nitrogens with zero attached hydrogens (tertiary/aromatic N) is 5. The molecule has 6 heteroatoms. The molecule has 6 nitrogen and oxygen atoms in total. The van der Waals surface area contributed by atoms with Crippen LogP contribution in [-0.2, 0) is 0 Å². The molecule has 0 N–H and O–H groups in total. The Morgan fingerprint density at radius 2 is 0.797 bits per heavy atom. The van der Waals surface area contributed by atoms with E-state index in [0.717, 1.165) is 93.7 Å². The Labute approximate surface area is 395 Å². The molecule has 15 rings (SSSR count). The second-order valence-corrected chi connectivity index (χ2v) is 17.9. The van der Waals surface area contributed by atoms with Crippen molar-refractivity contribution < 1.29 is 4.42 Å². The largest absolute Gasteiger partial charge is 0.456 e. The minimum Gasteiger partial charge on any atom is -0.456 e. The van der Waals surface area contributed by atoms with E-state index in [4.69, 9.17) is 19.4 Å². The second kappa shape index (κ2) is 14.6. The van der Waals surface area contributed by atoms with Crippen LogP contribution in [0.1, 0.15) is 0 Å². The third-order valence-corrected chi connectivity index (χ3v) is 14.2. The van der Waals surface area contributed by atoms with Crippen LogP contribution in [0.15, 0.2) is 229 Å². The van der Waals surface area contributed by atoms with E-state index >= 15 is 0 Å². The van der Waals surface area contributed by atoms with Crippen LogP contribution in [0.3, 0.4) is 0 Å². The van der Waals surface area contributed by atoms with Gasteiger partial charge in [-0.3, -0.25) is 4.57 Å². The monoisotopic (exact) mass is 879 g/mol. The van der Waals surface area contributed by atoms with Gasteiger partial charge in [0.1, 0.15) is 11.2 Å². The first-order chi connectivity index (χ1) is 34.2. The molecule has 10 aromatic carbocycles. The summed E-state index contributed by atoms with van der Waals surface area (Å²) in [4.78, 5) is 16.5. The van der Waals surface area contributed by atoms with Crippen molar-refractivity contribution in [3.8, 4) is 78.9 Å². The standard InChI is InChI=1S/C63H37N5O/c1-3-16-38(17-4-1)39-32-34-41(35-33-39)61-64-62(51-27-15-31-55-57(51)56-42(24-14-30-54(56)69-55)40-18-5-2-6-19-40)66-63(65-61)68-53-29-12-10-23-46(53)49-36-37-50-48-26-13-25-47-44-21-8-7-20-43(44)45-22-9-11-28-52(45)67(58(47)48)59(50)60(49)68/h1-37H. The van der Waals surface area contributed by atoms with Crippen molar-refractivity contribution >= 4 is 65.6 Å². The molecule has 0 fully saturated rings. The third kappa shape index (κ3) is 5.51. The average Bonchev–Trinajstić information content (AvgIpc) is 4.07. The summed E-state index contributed by atoms with van der Waals surface area (Å²) in [6.07, 6.45) is 0. The molecule has 1 aliphatic heterocycles. The van der Waals surface area contributed by atoms with Crippen LogP contribution in [0.4, 0.5) is 0 Å². The highest BCUT2D eigenvalue weighted by molar-refractivity contribution is 6.26. The van der Waals surface area contributed by atoms with E-state index in [0.29, 0.717) is 17.6 Å². The van der Waals surface area contributed by atoms with Gasteiger partial charge in [0.2, 0.25) is 5.95 Å². The lowest BCUT2D eigenvalue weighted by molar-refractivity contribution is 0.669. The third-order valence-electron chi connectivity index (χ3n) is 14.2. The number of fused-ring (bicyclic) bond motifs is 15. The average molecular weight is 880 g/mol. The van der Waals surface area contributed by atoms with Gasteiger partial charge in [0, 0.05) is 54.6 Å². The Bertz CT molecular complexity index is 4410. The highest BCUT2D eigenvalue weighted by atomic mass is 16.3. The highest BCUT2D eigenvalue weighted by Crippen LogP contribution is 2.49. The van der Waals surface area contributed by atoms with Crippen molar-refractivity contribution in [2.75, 3.05) is 0 Å². The van der Waals surface area contributed by atoms with Crippen LogP contribution >= 0.6 is 0 Å². The number of hydrogen-bond donors (Lipinski definition) is 0. The molecule has 69 heavy (non-hydrogen) atoms. The number of hydrogen-bond acceptors (Lipinski definition) is 4. The van der Waals surface area contributed by atoms with Crippen molar-refractivity contribution in [3.05, 3.63) is 224 Å². The Morgan fingerprint density at radius 3 is 1.58 bits per heavy atom. The lowest BCUT2D eigenvalue weighted by Gasteiger charge is -2.15. The topological polar surface area (TPSA) is 61.7 Å². The van der Waals surface area contributed by atoms with Crippen LogP contribution in [0, 0.1) is 0 Å². The molecule has 0 unspecified atom stereocenters. The first-order valence-electron chi connectivity index (χ1n) is 23.4. The summed E-state index contributed by atoms with van der Waals surface area (Å²) in [7, 11) is 0. The van der Waals surface area contributed by atoms with Crippen LogP contribution in [0.25, 0.3) is 144 Å². The van der Waals surface area contributed by atoms with Crippen molar-refractivity contribution in [1.29, 1.82) is 0 Å². The van der Waals surface area contributed by atoms with Gasteiger partial charge >= 0.3 is 0 Å². The van der Waals surface area contributed by atoms with E-state index in [1.54, 1.807) is 0 Å². The lowest BCUT2D eigenvalue weighted by atomic mass is 9.94. The Kier molecular flexibility index (Phi) is 7.97. The van der Waals surface area contributed by atoms with Crippen LogP contribution in [0.2, 0.25) is 0 Å². The van der Waals surface area contributed by atoms with Gasteiger partial charge in [-0.05, 0) is 57.6 Å². The molecule has 0 spiro atoms. The summed E-state index contributed by atoms with van der Waals surface area (Å²) in [5.74, 6) is 1.65. The van der Waals surface area contributed by atoms with E-state index in [9.17, 15) is 0 Å². The summed E-state index contributed by atoms with van der Waals surface area (Å²) >= 11 is 0. The van der Waals surface area contributed by atoms with Crippen molar-refractivity contribution in [1.82, 2.24) is 24.1 Å². The first-order valence-corrected chi connectivity index (χ1v) is 23.4. The molecule has 0 atom stereocenters. The number of aromatic nitrogens is 5. The number of para-hydroxylation sites is 3. The van der Waals surface area contributed by atoms with E-state index in [2.05, 4.69) is 209 Å². The minimum atomic E-state index is 0.525. The fourth-order valence-corrected chi connectivity index (χ4v) is 11.2. The molecule has 0 saturated carbocycles. The quantitative estimate of drug-likeness (QED) is 0.173. The van der Waals surface area contributed by atoms with Crippen molar-refractivity contribution in [2.45, 2.75) is 0 Å². The van der Waals surface area contributed by atoms with E-state index in [1.807, 2.05) is 24.3 Å². The Hall–Kier alpha value is -9.39. The fourth-order valence-electron chi connectivity index (χ4n) is 11.2. The summed E-state index contributed by atoms with van der Waals surface area (Å²) in [6.45, 7) is 0. The van der Waals surface area contributed by atoms with Gasteiger partial charge in [-0.2, -0.15) is 9.97 Å². The van der Waals surface area contributed by atoms with Gasteiger partial charge in [0.25, 0.3) is 0 Å². The maximum absolute atomic E-state index is 6.67. The molecule has 320 valence electrons. The van der Waals surface area contributed by atoms with E-state index in [1.165, 1.54) is 33.2 Å². The molecule has 14 aromatic rings. The molecule has 0 amide bonds. The first kappa shape index (κ1) is 37.8. The zero-order chi connectivity index (χ0) is 45.2. The molecule has 0 radical (unpaired) electrons. The SMILES string of the molecule is c1ccc(-c2ccc(-c3nc(-c4cccc5oc6cccc(-c7ccccc7)c6c45)nc(-n4c5ccccc5c5ccc6c7cccc8c7n(c6c54)-c4ccccc4-c4ccccc4-8)n3)cc2)cc1.